The molecule has 0 radical (unpaired) electrons. The lowest BCUT2D eigenvalue weighted by atomic mass is 10.2. The zero-order valence-corrected chi connectivity index (χ0v) is 19.4. The Hall–Kier alpha value is -3.45. The Kier molecular flexibility index (Phi) is 6.66. The van der Waals surface area contributed by atoms with Gasteiger partial charge in [-0.05, 0) is 61.4 Å². The lowest BCUT2D eigenvalue weighted by Crippen LogP contribution is -2.20. The lowest BCUT2D eigenvalue weighted by Gasteiger charge is -2.12. The van der Waals surface area contributed by atoms with Crippen LogP contribution in [-0.2, 0) is 6.61 Å². The highest BCUT2D eigenvalue weighted by Gasteiger charge is 2.09. The van der Waals surface area contributed by atoms with Crippen molar-refractivity contribution in [1.29, 1.82) is 0 Å². The molecule has 0 saturated heterocycles. The van der Waals surface area contributed by atoms with Gasteiger partial charge < -0.3 is 9.47 Å². The number of aromatic nitrogens is 2. The van der Waals surface area contributed by atoms with Crippen LogP contribution < -0.4 is 15.0 Å². The van der Waals surface area contributed by atoms with Gasteiger partial charge in [0.1, 0.15) is 12.4 Å². The van der Waals surface area contributed by atoms with Crippen molar-refractivity contribution in [3.05, 3.63) is 98.5 Å². The second kappa shape index (κ2) is 9.78. The monoisotopic (exact) mass is 491 g/mol. The van der Waals surface area contributed by atoms with Crippen molar-refractivity contribution in [1.82, 2.24) is 9.66 Å². The van der Waals surface area contributed by atoms with Crippen LogP contribution in [0.1, 0.15) is 23.9 Å². The maximum atomic E-state index is 12.9. The Morgan fingerprint density at radius 3 is 2.62 bits per heavy atom. The second-order valence-electron chi connectivity index (χ2n) is 7.10. The number of hydrogen-bond acceptors (Lipinski definition) is 5. The van der Waals surface area contributed by atoms with Crippen LogP contribution in [0.3, 0.4) is 0 Å². The van der Waals surface area contributed by atoms with Gasteiger partial charge in [0.25, 0.3) is 5.56 Å². The molecular weight excluding hydrogens is 470 g/mol. The first-order chi connectivity index (χ1) is 15.5. The Bertz CT molecular complexity index is 1330. The number of aryl methyl sites for hydroxylation is 1. The van der Waals surface area contributed by atoms with E-state index in [1.165, 1.54) is 4.68 Å². The zero-order chi connectivity index (χ0) is 22.5. The molecule has 4 rings (SSSR count). The number of halogens is 1. The molecule has 0 N–H and O–H groups in total. The molecule has 1 heterocycles. The van der Waals surface area contributed by atoms with E-state index in [4.69, 9.17) is 9.47 Å². The first-order valence-electron chi connectivity index (χ1n) is 10.2. The molecule has 4 aromatic rings. The molecule has 0 aliphatic heterocycles. The Morgan fingerprint density at radius 2 is 1.84 bits per heavy atom. The van der Waals surface area contributed by atoms with E-state index in [0.717, 1.165) is 15.6 Å². The summed E-state index contributed by atoms with van der Waals surface area (Å²) in [6, 6.07) is 20.9. The summed E-state index contributed by atoms with van der Waals surface area (Å²) in [6.45, 7) is 4.63. The van der Waals surface area contributed by atoms with Crippen molar-refractivity contribution in [3.63, 3.8) is 0 Å². The zero-order valence-electron chi connectivity index (χ0n) is 17.8. The van der Waals surface area contributed by atoms with Gasteiger partial charge >= 0.3 is 0 Å². The van der Waals surface area contributed by atoms with E-state index in [1.807, 2.05) is 67.6 Å². The van der Waals surface area contributed by atoms with Crippen LogP contribution in [0.25, 0.3) is 10.9 Å². The Balaban J connectivity index is 1.61. The molecule has 0 saturated carbocycles. The van der Waals surface area contributed by atoms with Crippen LogP contribution in [0, 0.1) is 6.92 Å². The molecule has 0 atom stereocenters. The average Bonchev–Trinajstić information content (AvgIpc) is 2.80. The highest BCUT2D eigenvalue weighted by atomic mass is 79.9. The molecule has 32 heavy (non-hydrogen) atoms. The van der Waals surface area contributed by atoms with Gasteiger partial charge in [0.05, 0.1) is 23.7 Å². The molecule has 0 spiro atoms. The van der Waals surface area contributed by atoms with Crippen LogP contribution >= 0.6 is 15.9 Å². The normalized spacial score (nSPS) is 11.2. The largest absolute Gasteiger partial charge is 0.490 e. The SMILES string of the molecule is CCOc1cc(C=Nn2c(C)nc3ccc(Br)cc3c2=O)ccc1OCc1ccccc1. The van der Waals surface area contributed by atoms with Crippen molar-refractivity contribution in [2.24, 2.45) is 5.10 Å². The number of fused-ring (bicyclic) bond motifs is 1. The third-order valence-corrected chi connectivity index (χ3v) is 5.29. The average molecular weight is 492 g/mol. The summed E-state index contributed by atoms with van der Waals surface area (Å²) in [6.07, 6.45) is 1.61. The van der Waals surface area contributed by atoms with Gasteiger partial charge in [-0.25, -0.2) is 4.98 Å². The van der Waals surface area contributed by atoms with E-state index in [2.05, 4.69) is 26.0 Å². The number of benzene rings is 3. The summed E-state index contributed by atoms with van der Waals surface area (Å²) < 4.78 is 13.8. The van der Waals surface area contributed by atoms with Crippen LogP contribution in [0.4, 0.5) is 0 Å². The molecule has 0 unspecified atom stereocenters. The predicted octanol–water partition coefficient (Wildman–Crippen LogP) is 5.33. The van der Waals surface area contributed by atoms with Crippen LogP contribution in [0.2, 0.25) is 0 Å². The maximum Gasteiger partial charge on any atom is 0.282 e. The summed E-state index contributed by atoms with van der Waals surface area (Å²) >= 11 is 3.40. The van der Waals surface area contributed by atoms with Crippen molar-refractivity contribution in [3.8, 4) is 11.5 Å². The van der Waals surface area contributed by atoms with E-state index in [9.17, 15) is 4.79 Å². The molecule has 0 aliphatic rings. The molecule has 0 amide bonds. The van der Waals surface area contributed by atoms with Gasteiger partial charge in [-0.2, -0.15) is 9.78 Å². The first kappa shape index (κ1) is 21.8. The molecule has 162 valence electrons. The van der Waals surface area contributed by atoms with E-state index in [0.29, 0.717) is 41.4 Å². The number of ether oxygens (including phenoxy) is 2. The third kappa shape index (κ3) is 4.89. The van der Waals surface area contributed by atoms with E-state index >= 15 is 0 Å². The molecule has 3 aromatic carbocycles. The minimum atomic E-state index is -0.224. The number of rotatable bonds is 7. The smallest absolute Gasteiger partial charge is 0.282 e. The van der Waals surface area contributed by atoms with E-state index in [-0.39, 0.29) is 5.56 Å². The molecule has 0 fully saturated rings. The van der Waals surface area contributed by atoms with Gasteiger partial charge in [0.2, 0.25) is 0 Å². The van der Waals surface area contributed by atoms with Crippen molar-refractivity contribution >= 4 is 33.0 Å². The fourth-order valence-electron chi connectivity index (χ4n) is 3.25. The molecular formula is C25H22BrN3O3. The first-order valence-corrected chi connectivity index (χ1v) is 11.0. The van der Waals surface area contributed by atoms with Gasteiger partial charge in [0, 0.05) is 4.47 Å². The minimum Gasteiger partial charge on any atom is -0.490 e. The third-order valence-electron chi connectivity index (χ3n) is 4.80. The summed E-state index contributed by atoms with van der Waals surface area (Å²) in [4.78, 5) is 17.4. The predicted molar refractivity (Wildman–Crippen MR) is 130 cm³/mol. The van der Waals surface area contributed by atoms with E-state index in [1.54, 1.807) is 19.2 Å². The molecule has 6 nitrogen and oxygen atoms in total. The summed E-state index contributed by atoms with van der Waals surface area (Å²) in [5.41, 5.74) is 2.27. The van der Waals surface area contributed by atoms with Gasteiger partial charge in [-0.3, -0.25) is 4.79 Å². The van der Waals surface area contributed by atoms with E-state index < -0.39 is 0 Å². The number of nitrogens with zero attached hydrogens (tertiary/aromatic N) is 3. The maximum absolute atomic E-state index is 12.9. The van der Waals surface area contributed by atoms with Gasteiger partial charge in [0.15, 0.2) is 11.5 Å². The van der Waals surface area contributed by atoms with Gasteiger partial charge in [-0.1, -0.05) is 46.3 Å². The fraction of sp³-hybridized carbons (Fsp3) is 0.160. The Morgan fingerprint density at radius 1 is 1.03 bits per heavy atom. The Labute approximate surface area is 194 Å². The summed E-state index contributed by atoms with van der Waals surface area (Å²) in [5, 5.41) is 4.89. The van der Waals surface area contributed by atoms with Crippen LogP contribution in [-0.4, -0.2) is 22.5 Å². The van der Waals surface area contributed by atoms with Crippen molar-refractivity contribution in [2.75, 3.05) is 6.61 Å². The standard InChI is InChI=1S/C25H22BrN3O3/c1-3-31-24-13-19(9-12-23(24)32-16-18-7-5-4-6-8-18)15-27-29-17(2)28-22-11-10-20(26)14-21(22)25(29)30/h4-15H,3,16H2,1-2H3. The highest BCUT2D eigenvalue weighted by molar-refractivity contribution is 9.10. The molecule has 7 heteroatoms. The number of hydrogen-bond donors (Lipinski definition) is 0. The summed E-state index contributed by atoms with van der Waals surface area (Å²) in [7, 11) is 0. The second-order valence-corrected chi connectivity index (χ2v) is 8.01. The topological polar surface area (TPSA) is 65.7 Å². The highest BCUT2D eigenvalue weighted by Crippen LogP contribution is 2.29. The lowest BCUT2D eigenvalue weighted by molar-refractivity contribution is 0.269. The van der Waals surface area contributed by atoms with Crippen molar-refractivity contribution < 1.29 is 9.47 Å². The van der Waals surface area contributed by atoms with Crippen LogP contribution in [0.15, 0.2) is 81.1 Å². The summed E-state index contributed by atoms with van der Waals surface area (Å²) in [5.74, 6) is 1.78. The van der Waals surface area contributed by atoms with Crippen LogP contribution in [0.5, 0.6) is 11.5 Å². The quantitative estimate of drug-likeness (QED) is 0.328. The molecule has 1 aromatic heterocycles. The van der Waals surface area contributed by atoms with Gasteiger partial charge in [-0.15, -0.1) is 0 Å². The molecule has 0 aliphatic carbocycles. The minimum absolute atomic E-state index is 0.224. The van der Waals surface area contributed by atoms with Crippen molar-refractivity contribution in [2.45, 2.75) is 20.5 Å². The molecule has 0 bridgehead atoms. The fourth-order valence-corrected chi connectivity index (χ4v) is 3.61.